The minimum Gasteiger partial charge on any atom is -0.357 e. The van der Waals surface area contributed by atoms with E-state index < -0.39 is 28.5 Å². The van der Waals surface area contributed by atoms with Gasteiger partial charge in [-0.05, 0) is 41.5 Å². The highest BCUT2D eigenvalue weighted by atomic mass is 79.9. The number of amides is 2. The fourth-order valence-electron chi connectivity index (χ4n) is 3.85. The van der Waals surface area contributed by atoms with Crippen LogP contribution in [0.25, 0.3) is 0 Å². The van der Waals surface area contributed by atoms with Crippen LogP contribution in [0.3, 0.4) is 0 Å². The van der Waals surface area contributed by atoms with Crippen LogP contribution in [0.2, 0.25) is 10.0 Å². The Balaban J connectivity index is 2.04. The third kappa shape index (κ3) is 8.20. The number of carbonyl (C=O) groups is 2. The van der Waals surface area contributed by atoms with Crippen LogP contribution in [0.5, 0.6) is 0 Å². The number of sulfonamides is 1. The van der Waals surface area contributed by atoms with E-state index >= 15 is 0 Å². The molecule has 0 heterocycles. The molecular formula is C26H26BrCl2N3O4S. The standard InChI is InChI=1S/C26H26BrCl2N3O4S/c1-30-26(34)24(12-18-7-4-3-5-8-18)31(16-19-9-6-10-20(27)11-19)25(33)17-32(37(2,35)36)23-14-21(28)13-22(29)15-23/h3-11,13-15,24H,12,16-17H2,1-2H3,(H,30,34). The van der Waals surface area contributed by atoms with E-state index in [0.717, 1.165) is 26.2 Å². The third-order valence-electron chi connectivity index (χ3n) is 5.57. The molecular weight excluding hydrogens is 601 g/mol. The van der Waals surface area contributed by atoms with Crippen LogP contribution < -0.4 is 9.62 Å². The Labute approximate surface area is 235 Å². The molecule has 0 aliphatic rings. The number of likely N-dealkylation sites (N-methyl/N-ethyl adjacent to an activating group) is 1. The molecule has 2 amide bonds. The molecule has 3 aromatic carbocycles. The third-order valence-corrected chi connectivity index (χ3v) is 7.64. The summed E-state index contributed by atoms with van der Waals surface area (Å²) in [4.78, 5) is 28.3. The van der Waals surface area contributed by atoms with Crippen LogP contribution in [-0.4, -0.2) is 51.0 Å². The lowest BCUT2D eigenvalue weighted by Crippen LogP contribution is -2.52. The fraction of sp³-hybridized carbons (Fsp3) is 0.231. The van der Waals surface area contributed by atoms with E-state index in [4.69, 9.17) is 23.2 Å². The predicted molar refractivity (Wildman–Crippen MR) is 151 cm³/mol. The maximum absolute atomic E-state index is 13.8. The summed E-state index contributed by atoms with van der Waals surface area (Å²) in [5, 5.41) is 3.09. The maximum Gasteiger partial charge on any atom is 0.244 e. The van der Waals surface area contributed by atoms with Crippen molar-refractivity contribution in [3.05, 3.63) is 98.4 Å². The average Bonchev–Trinajstić information content (AvgIpc) is 2.83. The quantitative estimate of drug-likeness (QED) is 0.347. The van der Waals surface area contributed by atoms with Gasteiger partial charge in [-0.25, -0.2) is 8.42 Å². The summed E-state index contributed by atoms with van der Waals surface area (Å²) in [5.74, 6) is -0.935. The summed E-state index contributed by atoms with van der Waals surface area (Å²) in [6.07, 6.45) is 1.23. The van der Waals surface area contributed by atoms with Gasteiger partial charge in [0.1, 0.15) is 12.6 Å². The summed E-state index contributed by atoms with van der Waals surface area (Å²) >= 11 is 15.7. The number of nitrogens with zero attached hydrogens (tertiary/aromatic N) is 2. The Kier molecular flexibility index (Phi) is 10.0. The molecule has 0 saturated heterocycles. The minimum absolute atomic E-state index is 0.0805. The molecule has 1 atom stereocenters. The van der Waals surface area contributed by atoms with E-state index in [1.807, 2.05) is 54.6 Å². The Morgan fingerprint density at radius 2 is 1.57 bits per heavy atom. The Morgan fingerprint density at radius 1 is 0.946 bits per heavy atom. The number of hydrogen-bond acceptors (Lipinski definition) is 4. The predicted octanol–water partition coefficient (Wildman–Crippen LogP) is 4.91. The fourth-order valence-corrected chi connectivity index (χ4v) is 5.64. The Bertz CT molecular complexity index is 1350. The van der Waals surface area contributed by atoms with Gasteiger partial charge in [0.2, 0.25) is 21.8 Å². The highest BCUT2D eigenvalue weighted by Gasteiger charge is 2.32. The van der Waals surface area contributed by atoms with Gasteiger partial charge in [0, 0.05) is 34.5 Å². The van der Waals surface area contributed by atoms with Gasteiger partial charge in [-0.15, -0.1) is 0 Å². The molecule has 0 spiro atoms. The van der Waals surface area contributed by atoms with Crippen molar-refractivity contribution >= 4 is 66.7 Å². The molecule has 0 saturated carbocycles. The number of nitrogens with one attached hydrogen (secondary N) is 1. The van der Waals surface area contributed by atoms with Crippen LogP contribution in [-0.2, 0) is 32.6 Å². The lowest BCUT2D eigenvalue weighted by Gasteiger charge is -2.33. The van der Waals surface area contributed by atoms with E-state index in [1.165, 1.54) is 30.1 Å². The lowest BCUT2D eigenvalue weighted by atomic mass is 10.0. The van der Waals surface area contributed by atoms with Gasteiger partial charge in [-0.2, -0.15) is 0 Å². The molecule has 1 N–H and O–H groups in total. The molecule has 0 aliphatic heterocycles. The first-order valence-electron chi connectivity index (χ1n) is 11.2. The summed E-state index contributed by atoms with van der Waals surface area (Å²) in [7, 11) is -2.41. The maximum atomic E-state index is 13.8. The van der Waals surface area contributed by atoms with Crippen molar-refractivity contribution in [3.63, 3.8) is 0 Å². The molecule has 37 heavy (non-hydrogen) atoms. The monoisotopic (exact) mass is 625 g/mol. The zero-order valence-electron chi connectivity index (χ0n) is 20.2. The Hall–Kier alpha value is -2.59. The molecule has 0 aromatic heterocycles. The lowest BCUT2D eigenvalue weighted by molar-refractivity contribution is -0.139. The first-order valence-corrected chi connectivity index (χ1v) is 14.6. The summed E-state index contributed by atoms with van der Waals surface area (Å²) < 4.78 is 27.2. The molecule has 0 fully saturated rings. The first-order chi connectivity index (χ1) is 17.5. The van der Waals surface area contributed by atoms with E-state index in [1.54, 1.807) is 0 Å². The number of rotatable bonds is 10. The second kappa shape index (κ2) is 12.8. The van der Waals surface area contributed by atoms with Gasteiger partial charge in [-0.1, -0.05) is 81.6 Å². The van der Waals surface area contributed by atoms with Crippen molar-refractivity contribution in [1.29, 1.82) is 0 Å². The molecule has 3 aromatic rings. The minimum atomic E-state index is -3.91. The van der Waals surface area contributed by atoms with Gasteiger partial charge in [-0.3, -0.25) is 13.9 Å². The zero-order chi connectivity index (χ0) is 27.2. The second-order valence-electron chi connectivity index (χ2n) is 8.37. The van der Waals surface area contributed by atoms with Gasteiger partial charge in [0.05, 0.1) is 11.9 Å². The molecule has 196 valence electrons. The number of carbonyl (C=O) groups excluding carboxylic acids is 2. The van der Waals surface area contributed by atoms with Crippen molar-refractivity contribution in [2.75, 3.05) is 24.2 Å². The Morgan fingerprint density at radius 3 is 2.14 bits per heavy atom. The highest BCUT2D eigenvalue weighted by molar-refractivity contribution is 9.10. The molecule has 7 nitrogen and oxygen atoms in total. The average molecular weight is 627 g/mol. The van der Waals surface area contributed by atoms with Gasteiger partial charge in [0.25, 0.3) is 0 Å². The van der Waals surface area contributed by atoms with Gasteiger partial charge in [0.15, 0.2) is 0 Å². The summed E-state index contributed by atoms with van der Waals surface area (Å²) in [6, 6.07) is 20.1. The van der Waals surface area contributed by atoms with Crippen molar-refractivity contribution in [2.45, 2.75) is 19.0 Å². The largest absolute Gasteiger partial charge is 0.357 e. The van der Waals surface area contributed by atoms with E-state index in [-0.39, 0.29) is 34.6 Å². The number of benzene rings is 3. The van der Waals surface area contributed by atoms with Crippen LogP contribution in [0.4, 0.5) is 5.69 Å². The van der Waals surface area contributed by atoms with Crippen molar-refractivity contribution in [1.82, 2.24) is 10.2 Å². The van der Waals surface area contributed by atoms with Crippen LogP contribution in [0, 0.1) is 0 Å². The molecule has 11 heteroatoms. The number of halogens is 3. The summed E-state index contributed by atoms with van der Waals surface area (Å²) in [5.41, 5.74) is 1.77. The number of hydrogen-bond donors (Lipinski definition) is 1. The van der Waals surface area contributed by atoms with E-state index in [9.17, 15) is 18.0 Å². The number of anilines is 1. The van der Waals surface area contributed by atoms with Crippen LogP contribution in [0.1, 0.15) is 11.1 Å². The molecule has 3 rings (SSSR count). The molecule has 1 unspecified atom stereocenters. The second-order valence-corrected chi connectivity index (χ2v) is 12.1. The highest BCUT2D eigenvalue weighted by Crippen LogP contribution is 2.27. The van der Waals surface area contributed by atoms with Crippen molar-refractivity contribution < 1.29 is 18.0 Å². The van der Waals surface area contributed by atoms with Crippen LogP contribution >= 0.6 is 39.1 Å². The van der Waals surface area contributed by atoms with Gasteiger partial charge < -0.3 is 10.2 Å². The van der Waals surface area contributed by atoms with Gasteiger partial charge >= 0.3 is 0 Å². The molecule has 0 aliphatic carbocycles. The molecule has 0 radical (unpaired) electrons. The molecule has 0 bridgehead atoms. The topological polar surface area (TPSA) is 86.8 Å². The summed E-state index contributed by atoms with van der Waals surface area (Å²) in [6.45, 7) is -0.469. The normalized spacial score (nSPS) is 12.0. The van der Waals surface area contributed by atoms with Crippen molar-refractivity contribution in [2.24, 2.45) is 0 Å². The van der Waals surface area contributed by atoms with Crippen molar-refractivity contribution in [3.8, 4) is 0 Å². The van der Waals surface area contributed by atoms with Crippen LogP contribution in [0.15, 0.2) is 77.3 Å². The van der Waals surface area contributed by atoms with E-state index in [2.05, 4.69) is 21.2 Å². The zero-order valence-corrected chi connectivity index (χ0v) is 24.1. The smallest absolute Gasteiger partial charge is 0.244 e. The van der Waals surface area contributed by atoms with E-state index in [0.29, 0.717) is 0 Å². The SMILES string of the molecule is CNC(=O)C(Cc1ccccc1)N(Cc1cccc(Br)c1)C(=O)CN(c1cc(Cl)cc(Cl)c1)S(C)(=O)=O. The first kappa shape index (κ1) is 29.0.